The van der Waals surface area contributed by atoms with Crippen molar-refractivity contribution < 1.29 is 9.53 Å². The molecule has 1 aromatic rings. The number of nitrogens with zero attached hydrogens (tertiary/aromatic N) is 2. The normalized spacial score (nSPS) is 16.7. The van der Waals surface area contributed by atoms with Gasteiger partial charge in [-0.1, -0.05) is 11.6 Å². The summed E-state index contributed by atoms with van der Waals surface area (Å²) in [6.45, 7) is 6.87. The lowest BCUT2D eigenvalue weighted by Gasteiger charge is -2.26. The zero-order valence-electron chi connectivity index (χ0n) is 12.5. The number of pyridine rings is 1. The Hall–Kier alpha value is -1.72. The summed E-state index contributed by atoms with van der Waals surface area (Å²) >= 11 is 0. The van der Waals surface area contributed by atoms with Gasteiger partial charge >= 0.3 is 0 Å². The van der Waals surface area contributed by atoms with Crippen LogP contribution in [0, 0.1) is 0 Å². The molecule has 1 fully saturated rings. The second-order valence-electron chi connectivity index (χ2n) is 5.24. The van der Waals surface area contributed by atoms with E-state index >= 15 is 0 Å². The highest BCUT2D eigenvalue weighted by Crippen LogP contribution is 2.02. The van der Waals surface area contributed by atoms with Crippen molar-refractivity contribution in [1.82, 2.24) is 15.2 Å². The Kier molecular flexibility index (Phi) is 6.37. The summed E-state index contributed by atoms with van der Waals surface area (Å²) < 4.78 is 5.31. The molecule has 1 saturated heterocycles. The molecule has 1 N–H and O–H groups in total. The number of carbonyl (C=O) groups is 1. The highest BCUT2D eigenvalue weighted by molar-refractivity contribution is 5.88. The Morgan fingerprint density at radius 2 is 2.24 bits per heavy atom. The van der Waals surface area contributed by atoms with Crippen LogP contribution in [0.2, 0.25) is 0 Å². The number of carbonyl (C=O) groups excluding carboxylic acids is 1. The molecule has 0 aliphatic carbocycles. The third-order valence-electron chi connectivity index (χ3n) is 3.36. The molecule has 114 valence electrons. The fourth-order valence-electron chi connectivity index (χ4n) is 2.29. The van der Waals surface area contributed by atoms with E-state index in [1.165, 1.54) is 0 Å². The molecule has 1 aliphatic rings. The molecule has 0 aromatic carbocycles. The molecule has 1 aromatic heterocycles. The highest BCUT2D eigenvalue weighted by atomic mass is 16.5. The molecule has 5 heteroatoms. The van der Waals surface area contributed by atoms with Gasteiger partial charge in [-0.05, 0) is 19.1 Å². The SMILES string of the molecule is CC(=CC(=O)NCCc1ccccn1)CN1CCOCC1. The van der Waals surface area contributed by atoms with Crippen LogP contribution in [0.25, 0.3) is 0 Å². The molecule has 1 amide bonds. The lowest BCUT2D eigenvalue weighted by molar-refractivity contribution is -0.116. The number of rotatable bonds is 6. The summed E-state index contributed by atoms with van der Waals surface area (Å²) in [7, 11) is 0. The highest BCUT2D eigenvalue weighted by Gasteiger charge is 2.10. The third kappa shape index (κ3) is 6.06. The number of aromatic nitrogens is 1. The number of amides is 1. The van der Waals surface area contributed by atoms with Crippen molar-refractivity contribution in [2.24, 2.45) is 0 Å². The van der Waals surface area contributed by atoms with Gasteiger partial charge < -0.3 is 10.1 Å². The molecule has 2 heterocycles. The van der Waals surface area contributed by atoms with Gasteiger partial charge in [-0.2, -0.15) is 0 Å². The largest absolute Gasteiger partial charge is 0.379 e. The van der Waals surface area contributed by atoms with Gasteiger partial charge in [-0.15, -0.1) is 0 Å². The van der Waals surface area contributed by atoms with Crippen LogP contribution >= 0.6 is 0 Å². The molecule has 1 aliphatic heterocycles. The second kappa shape index (κ2) is 8.54. The molecule has 0 atom stereocenters. The van der Waals surface area contributed by atoms with Gasteiger partial charge in [0.15, 0.2) is 0 Å². The van der Waals surface area contributed by atoms with E-state index in [-0.39, 0.29) is 5.91 Å². The Morgan fingerprint density at radius 3 is 2.95 bits per heavy atom. The fraction of sp³-hybridized carbons (Fsp3) is 0.500. The predicted molar refractivity (Wildman–Crippen MR) is 82.0 cm³/mol. The first kappa shape index (κ1) is 15.7. The van der Waals surface area contributed by atoms with E-state index in [1.54, 1.807) is 12.3 Å². The van der Waals surface area contributed by atoms with Crippen LogP contribution in [0.1, 0.15) is 12.6 Å². The summed E-state index contributed by atoms with van der Waals surface area (Å²) in [6.07, 6.45) is 4.21. The Balaban J connectivity index is 1.68. The minimum absolute atomic E-state index is 0.0308. The standard InChI is InChI=1S/C16H23N3O2/c1-14(13-19-8-10-21-11-9-19)12-16(20)18-7-5-15-4-2-3-6-17-15/h2-4,6,12H,5,7-11,13H2,1H3,(H,18,20). The molecule has 21 heavy (non-hydrogen) atoms. The van der Waals surface area contributed by atoms with Crippen molar-refractivity contribution in [2.45, 2.75) is 13.3 Å². The summed E-state index contributed by atoms with van der Waals surface area (Å²) in [5, 5.41) is 2.90. The van der Waals surface area contributed by atoms with Crippen LogP contribution < -0.4 is 5.32 Å². The zero-order chi connectivity index (χ0) is 14.9. The minimum atomic E-state index is -0.0308. The Bertz CT molecular complexity index is 468. The van der Waals surface area contributed by atoms with Gasteiger partial charge in [0.2, 0.25) is 5.91 Å². The average Bonchev–Trinajstić information content (AvgIpc) is 2.49. The predicted octanol–water partition coefficient (Wildman–Crippen LogP) is 1.02. The number of morpholine rings is 1. The Morgan fingerprint density at radius 1 is 1.43 bits per heavy atom. The molecular weight excluding hydrogens is 266 g/mol. The summed E-state index contributed by atoms with van der Waals surface area (Å²) in [6, 6.07) is 5.81. The first-order valence-corrected chi connectivity index (χ1v) is 7.39. The van der Waals surface area contributed by atoms with Crippen molar-refractivity contribution in [3.8, 4) is 0 Å². The van der Waals surface area contributed by atoms with Gasteiger partial charge in [-0.3, -0.25) is 14.7 Å². The van der Waals surface area contributed by atoms with Gasteiger partial charge in [-0.25, -0.2) is 0 Å². The van der Waals surface area contributed by atoms with Crippen LogP contribution in [0.4, 0.5) is 0 Å². The third-order valence-corrected chi connectivity index (χ3v) is 3.36. The van der Waals surface area contributed by atoms with Crippen molar-refractivity contribution in [3.63, 3.8) is 0 Å². The maximum Gasteiger partial charge on any atom is 0.243 e. The topological polar surface area (TPSA) is 54.5 Å². The van der Waals surface area contributed by atoms with Crippen LogP contribution in [-0.2, 0) is 16.0 Å². The fourth-order valence-corrected chi connectivity index (χ4v) is 2.29. The van der Waals surface area contributed by atoms with E-state index in [2.05, 4.69) is 15.2 Å². The van der Waals surface area contributed by atoms with E-state index in [4.69, 9.17) is 4.74 Å². The van der Waals surface area contributed by atoms with E-state index in [0.717, 1.165) is 50.5 Å². The number of hydrogen-bond acceptors (Lipinski definition) is 4. The van der Waals surface area contributed by atoms with Gasteiger partial charge in [0, 0.05) is 50.6 Å². The van der Waals surface area contributed by atoms with E-state index in [9.17, 15) is 4.79 Å². The monoisotopic (exact) mass is 289 g/mol. The van der Waals surface area contributed by atoms with Crippen LogP contribution in [0.3, 0.4) is 0 Å². The van der Waals surface area contributed by atoms with Crippen molar-refractivity contribution in [3.05, 3.63) is 41.7 Å². The molecular formula is C16H23N3O2. The van der Waals surface area contributed by atoms with E-state index in [0.29, 0.717) is 6.54 Å². The van der Waals surface area contributed by atoms with E-state index < -0.39 is 0 Å². The van der Waals surface area contributed by atoms with E-state index in [1.807, 2.05) is 25.1 Å². The molecule has 0 saturated carbocycles. The quantitative estimate of drug-likeness (QED) is 0.795. The van der Waals surface area contributed by atoms with Gasteiger partial charge in [0.25, 0.3) is 0 Å². The van der Waals surface area contributed by atoms with Crippen molar-refractivity contribution >= 4 is 5.91 Å². The smallest absolute Gasteiger partial charge is 0.243 e. The molecule has 5 nitrogen and oxygen atoms in total. The van der Waals surface area contributed by atoms with Crippen molar-refractivity contribution in [1.29, 1.82) is 0 Å². The van der Waals surface area contributed by atoms with Crippen LogP contribution in [-0.4, -0.2) is 55.2 Å². The number of ether oxygens (including phenoxy) is 1. The summed E-state index contributed by atoms with van der Waals surface area (Å²) in [4.78, 5) is 18.4. The molecule has 0 spiro atoms. The van der Waals surface area contributed by atoms with Crippen LogP contribution in [0.5, 0.6) is 0 Å². The zero-order valence-corrected chi connectivity index (χ0v) is 12.5. The number of nitrogens with one attached hydrogen (secondary N) is 1. The molecule has 0 unspecified atom stereocenters. The first-order chi connectivity index (χ1) is 10.2. The maximum atomic E-state index is 11.8. The summed E-state index contributed by atoms with van der Waals surface area (Å²) in [5.41, 5.74) is 2.07. The van der Waals surface area contributed by atoms with Crippen molar-refractivity contribution in [2.75, 3.05) is 39.4 Å². The summed E-state index contributed by atoms with van der Waals surface area (Å²) in [5.74, 6) is -0.0308. The second-order valence-corrected chi connectivity index (χ2v) is 5.24. The first-order valence-electron chi connectivity index (χ1n) is 7.39. The Labute approximate surface area is 126 Å². The molecule has 2 rings (SSSR count). The molecule has 0 radical (unpaired) electrons. The van der Waals surface area contributed by atoms with Gasteiger partial charge in [0.05, 0.1) is 13.2 Å². The lowest BCUT2D eigenvalue weighted by atomic mass is 10.2. The molecule has 0 bridgehead atoms. The van der Waals surface area contributed by atoms with Crippen LogP contribution in [0.15, 0.2) is 36.0 Å². The maximum absolute atomic E-state index is 11.8. The number of hydrogen-bond donors (Lipinski definition) is 1. The minimum Gasteiger partial charge on any atom is -0.379 e. The van der Waals surface area contributed by atoms with Gasteiger partial charge in [0.1, 0.15) is 0 Å². The lowest BCUT2D eigenvalue weighted by Crippen LogP contribution is -2.37. The average molecular weight is 289 g/mol.